The van der Waals surface area contributed by atoms with E-state index in [9.17, 15) is 28.5 Å². The van der Waals surface area contributed by atoms with E-state index >= 15 is 0 Å². The maximum atomic E-state index is 13.7. The van der Waals surface area contributed by atoms with Crippen LogP contribution in [0.1, 0.15) is 16.7 Å². The van der Waals surface area contributed by atoms with Crippen LogP contribution in [0.15, 0.2) is 66.4 Å². The molecule has 2 amide bonds. The molecule has 0 radical (unpaired) electrons. The van der Waals surface area contributed by atoms with Crippen molar-refractivity contribution in [2.45, 2.75) is 13.8 Å². The van der Waals surface area contributed by atoms with Gasteiger partial charge in [-0.2, -0.15) is 0 Å². The molecular weight excluding hydrogens is 432 g/mol. The lowest BCUT2D eigenvalue weighted by Crippen LogP contribution is -2.32. The Morgan fingerprint density at radius 3 is 2.15 bits per heavy atom. The van der Waals surface area contributed by atoms with Crippen molar-refractivity contribution in [2.24, 2.45) is 0 Å². The molecule has 1 N–H and O–H groups in total. The molecule has 3 aromatic rings. The molecular formula is C24H17F2N3O4. The summed E-state index contributed by atoms with van der Waals surface area (Å²) in [6, 6.07) is 13.2. The summed E-state index contributed by atoms with van der Waals surface area (Å²) in [6.45, 7) is 3.73. The van der Waals surface area contributed by atoms with Crippen molar-refractivity contribution in [3.63, 3.8) is 0 Å². The SMILES string of the molecule is Cc1ccc(N2C(=O)C(Nc3ccc(F)c(F)c3)=C(c3ccc([N+](=O)[O-])cc3)C2=O)cc1C. The van der Waals surface area contributed by atoms with Crippen LogP contribution in [0.2, 0.25) is 0 Å². The third-order valence-corrected chi connectivity index (χ3v) is 5.39. The third-order valence-electron chi connectivity index (χ3n) is 5.39. The summed E-state index contributed by atoms with van der Waals surface area (Å²) in [5, 5.41) is 13.7. The number of hydrogen-bond acceptors (Lipinski definition) is 5. The van der Waals surface area contributed by atoms with Crippen LogP contribution < -0.4 is 10.2 Å². The van der Waals surface area contributed by atoms with Crippen LogP contribution in [0.5, 0.6) is 0 Å². The van der Waals surface area contributed by atoms with Gasteiger partial charge in [-0.3, -0.25) is 19.7 Å². The van der Waals surface area contributed by atoms with Gasteiger partial charge in [-0.1, -0.05) is 6.07 Å². The predicted octanol–water partition coefficient (Wildman–Crippen LogP) is 4.89. The van der Waals surface area contributed by atoms with Gasteiger partial charge in [0.25, 0.3) is 17.5 Å². The van der Waals surface area contributed by atoms with Gasteiger partial charge in [0.15, 0.2) is 11.6 Å². The van der Waals surface area contributed by atoms with E-state index in [-0.39, 0.29) is 28.2 Å². The van der Waals surface area contributed by atoms with Crippen molar-refractivity contribution >= 4 is 34.4 Å². The highest BCUT2D eigenvalue weighted by Crippen LogP contribution is 2.35. The fourth-order valence-corrected chi connectivity index (χ4v) is 3.48. The molecule has 0 saturated carbocycles. The second kappa shape index (κ2) is 8.27. The van der Waals surface area contributed by atoms with E-state index in [1.54, 1.807) is 18.2 Å². The number of aryl methyl sites for hydroxylation is 2. The first-order chi connectivity index (χ1) is 15.7. The number of rotatable bonds is 5. The quantitative estimate of drug-likeness (QED) is 0.340. The molecule has 0 saturated heterocycles. The molecule has 0 aliphatic carbocycles. The minimum absolute atomic E-state index is 0.0436. The van der Waals surface area contributed by atoms with Gasteiger partial charge in [-0.05, 0) is 66.9 Å². The van der Waals surface area contributed by atoms with Crippen molar-refractivity contribution in [1.82, 2.24) is 0 Å². The fourth-order valence-electron chi connectivity index (χ4n) is 3.48. The van der Waals surface area contributed by atoms with Gasteiger partial charge in [0, 0.05) is 23.9 Å². The number of anilines is 2. The van der Waals surface area contributed by atoms with Crippen molar-refractivity contribution in [3.8, 4) is 0 Å². The average molecular weight is 449 g/mol. The number of hydrogen-bond donors (Lipinski definition) is 1. The Morgan fingerprint density at radius 2 is 1.55 bits per heavy atom. The smallest absolute Gasteiger partial charge is 0.282 e. The normalized spacial score (nSPS) is 13.6. The van der Waals surface area contributed by atoms with Crippen molar-refractivity contribution < 1.29 is 23.3 Å². The Hall–Kier alpha value is -4.40. The zero-order valence-corrected chi connectivity index (χ0v) is 17.6. The molecule has 0 spiro atoms. The van der Waals surface area contributed by atoms with E-state index in [0.29, 0.717) is 5.69 Å². The lowest BCUT2D eigenvalue weighted by Gasteiger charge is -2.17. The summed E-state index contributed by atoms with van der Waals surface area (Å²) < 4.78 is 27.1. The number of carbonyl (C=O) groups excluding carboxylic acids is 2. The molecule has 7 nitrogen and oxygen atoms in total. The highest BCUT2D eigenvalue weighted by molar-refractivity contribution is 6.46. The molecule has 33 heavy (non-hydrogen) atoms. The fraction of sp³-hybridized carbons (Fsp3) is 0.0833. The predicted molar refractivity (Wildman–Crippen MR) is 118 cm³/mol. The molecule has 1 heterocycles. The average Bonchev–Trinajstić information content (AvgIpc) is 3.02. The molecule has 3 aromatic carbocycles. The number of imide groups is 1. The Labute approximate surface area is 187 Å². The van der Waals surface area contributed by atoms with Gasteiger partial charge < -0.3 is 5.32 Å². The minimum atomic E-state index is -1.12. The van der Waals surface area contributed by atoms with E-state index in [4.69, 9.17) is 0 Å². The van der Waals surface area contributed by atoms with E-state index in [1.807, 2.05) is 13.8 Å². The summed E-state index contributed by atoms with van der Waals surface area (Å²) in [5.74, 6) is -3.53. The molecule has 1 aliphatic rings. The number of nitrogens with one attached hydrogen (secondary N) is 1. The summed E-state index contributed by atoms with van der Waals surface area (Å²) in [4.78, 5) is 38.1. The Morgan fingerprint density at radius 1 is 0.848 bits per heavy atom. The summed E-state index contributed by atoms with van der Waals surface area (Å²) in [7, 11) is 0. The molecule has 9 heteroatoms. The number of nitro benzene ring substituents is 1. The number of non-ortho nitro benzene ring substituents is 1. The summed E-state index contributed by atoms with van der Waals surface area (Å²) in [5.41, 5.74) is 2.12. The van der Waals surface area contributed by atoms with Gasteiger partial charge >= 0.3 is 0 Å². The van der Waals surface area contributed by atoms with Gasteiger partial charge in [0.05, 0.1) is 16.2 Å². The van der Waals surface area contributed by atoms with Gasteiger partial charge in [-0.25, -0.2) is 13.7 Å². The van der Waals surface area contributed by atoms with E-state index < -0.39 is 28.4 Å². The molecule has 1 aliphatic heterocycles. The minimum Gasteiger partial charge on any atom is -0.350 e. The Bertz CT molecular complexity index is 1350. The molecule has 166 valence electrons. The summed E-state index contributed by atoms with van der Waals surface area (Å²) >= 11 is 0. The molecule has 0 atom stereocenters. The van der Waals surface area contributed by atoms with Crippen LogP contribution in [-0.2, 0) is 9.59 Å². The van der Waals surface area contributed by atoms with Gasteiger partial charge in [0.1, 0.15) is 5.70 Å². The second-order valence-corrected chi connectivity index (χ2v) is 7.52. The number of carbonyl (C=O) groups is 2. The van der Waals surface area contributed by atoms with Crippen LogP contribution in [0, 0.1) is 35.6 Å². The molecule has 0 fully saturated rings. The number of halogens is 2. The van der Waals surface area contributed by atoms with Crippen molar-refractivity contribution in [2.75, 3.05) is 10.2 Å². The maximum absolute atomic E-state index is 13.7. The highest BCUT2D eigenvalue weighted by Gasteiger charge is 2.40. The molecule has 0 bridgehead atoms. The number of amides is 2. The van der Waals surface area contributed by atoms with Crippen molar-refractivity contribution in [1.29, 1.82) is 0 Å². The number of nitrogens with zero attached hydrogens (tertiary/aromatic N) is 2. The van der Waals surface area contributed by atoms with E-state index in [1.165, 1.54) is 30.3 Å². The molecule has 4 rings (SSSR count). The zero-order chi connectivity index (χ0) is 23.9. The van der Waals surface area contributed by atoms with Crippen LogP contribution in [0.25, 0.3) is 5.57 Å². The van der Waals surface area contributed by atoms with E-state index in [2.05, 4.69) is 5.32 Å². The van der Waals surface area contributed by atoms with Crippen LogP contribution in [0.4, 0.5) is 25.8 Å². The van der Waals surface area contributed by atoms with Crippen LogP contribution in [-0.4, -0.2) is 16.7 Å². The number of benzene rings is 3. The largest absolute Gasteiger partial charge is 0.350 e. The summed E-state index contributed by atoms with van der Waals surface area (Å²) in [6.07, 6.45) is 0. The maximum Gasteiger partial charge on any atom is 0.282 e. The van der Waals surface area contributed by atoms with Crippen LogP contribution >= 0.6 is 0 Å². The number of nitro groups is 1. The first-order valence-corrected chi connectivity index (χ1v) is 9.84. The van der Waals surface area contributed by atoms with Gasteiger partial charge in [-0.15, -0.1) is 0 Å². The monoisotopic (exact) mass is 449 g/mol. The van der Waals surface area contributed by atoms with Gasteiger partial charge in [0.2, 0.25) is 0 Å². The van der Waals surface area contributed by atoms with Crippen molar-refractivity contribution in [3.05, 3.63) is 105 Å². The standard InChI is InChI=1S/C24H17F2N3O4/c1-13-3-7-18(11-14(13)2)28-23(30)21(15-4-8-17(9-5-15)29(32)33)22(24(28)31)27-16-6-10-19(25)20(26)12-16/h3-12,27H,1-2H3. The van der Waals surface area contributed by atoms with E-state index in [0.717, 1.165) is 28.2 Å². The highest BCUT2D eigenvalue weighted by atomic mass is 19.2. The molecule has 0 unspecified atom stereocenters. The second-order valence-electron chi connectivity index (χ2n) is 7.52. The lowest BCUT2D eigenvalue weighted by molar-refractivity contribution is -0.384. The zero-order valence-electron chi connectivity index (χ0n) is 17.6. The lowest BCUT2D eigenvalue weighted by atomic mass is 10.0. The third kappa shape index (κ3) is 3.96. The van der Waals surface area contributed by atoms with Crippen LogP contribution in [0.3, 0.4) is 0 Å². The topological polar surface area (TPSA) is 92.6 Å². The Balaban J connectivity index is 1.83. The first kappa shape index (κ1) is 21.8. The first-order valence-electron chi connectivity index (χ1n) is 9.84. The Kier molecular flexibility index (Phi) is 5.47. The molecule has 0 aromatic heterocycles.